The van der Waals surface area contributed by atoms with Gasteiger partial charge in [0, 0.05) is 31.9 Å². The van der Waals surface area contributed by atoms with Gasteiger partial charge in [0.05, 0.1) is 5.75 Å². The summed E-state index contributed by atoms with van der Waals surface area (Å²) in [5, 5.41) is 3.05. The van der Waals surface area contributed by atoms with Crippen LogP contribution in [0.4, 0.5) is 0 Å². The van der Waals surface area contributed by atoms with Gasteiger partial charge in [-0.1, -0.05) is 24.3 Å². The Morgan fingerprint density at radius 3 is 2.81 bits per heavy atom. The fourth-order valence-corrected chi connectivity index (χ4v) is 3.20. The lowest BCUT2D eigenvalue weighted by molar-refractivity contribution is 0.580. The number of nitrogens with one attached hydrogen (secondary N) is 3. The van der Waals surface area contributed by atoms with Gasteiger partial charge in [0.15, 0.2) is 0 Å². The highest BCUT2D eigenvalue weighted by Crippen LogP contribution is 2.08. The van der Waals surface area contributed by atoms with E-state index in [2.05, 4.69) is 20.0 Å². The Kier molecular flexibility index (Phi) is 5.49. The first kappa shape index (κ1) is 15.7. The first-order valence-electron chi connectivity index (χ1n) is 6.77. The van der Waals surface area contributed by atoms with Crippen molar-refractivity contribution in [2.75, 3.05) is 13.6 Å². The Labute approximate surface area is 125 Å². The van der Waals surface area contributed by atoms with Crippen LogP contribution in [-0.4, -0.2) is 32.0 Å². The normalized spacial score (nSPS) is 11.7. The second-order valence-electron chi connectivity index (χ2n) is 4.79. The molecule has 1 heterocycles. The van der Waals surface area contributed by atoms with E-state index in [9.17, 15) is 8.42 Å². The van der Waals surface area contributed by atoms with Crippen LogP contribution >= 0.6 is 0 Å². The van der Waals surface area contributed by atoms with E-state index in [1.165, 1.54) is 0 Å². The highest BCUT2D eigenvalue weighted by molar-refractivity contribution is 7.88. The number of aromatic amines is 1. The third kappa shape index (κ3) is 5.30. The molecule has 2 aromatic rings. The minimum atomic E-state index is -3.33. The molecule has 0 saturated carbocycles. The lowest BCUT2D eigenvalue weighted by atomic mass is 10.1. The fourth-order valence-electron chi connectivity index (χ4n) is 2.06. The predicted octanol–water partition coefficient (Wildman–Crippen LogP) is 0.791. The molecule has 1 aromatic carbocycles. The summed E-state index contributed by atoms with van der Waals surface area (Å²) in [7, 11) is -1.47. The summed E-state index contributed by atoms with van der Waals surface area (Å²) < 4.78 is 26.7. The van der Waals surface area contributed by atoms with Gasteiger partial charge in [-0.05, 0) is 18.2 Å². The van der Waals surface area contributed by atoms with Gasteiger partial charge in [0.25, 0.3) is 0 Å². The van der Waals surface area contributed by atoms with Gasteiger partial charge in [-0.25, -0.2) is 18.1 Å². The molecule has 0 unspecified atom stereocenters. The molecular weight excluding hydrogens is 288 g/mol. The van der Waals surface area contributed by atoms with E-state index in [0.717, 1.165) is 23.5 Å². The van der Waals surface area contributed by atoms with Gasteiger partial charge < -0.3 is 10.3 Å². The first-order chi connectivity index (χ1) is 10.1. The van der Waals surface area contributed by atoms with Gasteiger partial charge in [0.1, 0.15) is 5.82 Å². The summed E-state index contributed by atoms with van der Waals surface area (Å²) >= 11 is 0. The van der Waals surface area contributed by atoms with Crippen molar-refractivity contribution in [1.29, 1.82) is 0 Å². The Balaban J connectivity index is 1.89. The zero-order chi connectivity index (χ0) is 15.1. The molecule has 0 aliphatic carbocycles. The van der Waals surface area contributed by atoms with E-state index < -0.39 is 10.0 Å². The number of imidazole rings is 1. The Bertz CT molecular complexity index is 653. The van der Waals surface area contributed by atoms with Crippen LogP contribution in [0.1, 0.15) is 17.0 Å². The average molecular weight is 308 g/mol. The molecule has 0 atom stereocenters. The van der Waals surface area contributed by atoms with E-state index in [4.69, 9.17) is 0 Å². The molecule has 3 N–H and O–H groups in total. The largest absolute Gasteiger partial charge is 0.349 e. The quantitative estimate of drug-likeness (QED) is 0.673. The molecule has 0 amide bonds. The number of rotatable bonds is 8. The number of hydrogen-bond acceptors (Lipinski definition) is 4. The third-order valence-corrected chi connectivity index (χ3v) is 4.32. The Morgan fingerprint density at radius 1 is 1.29 bits per heavy atom. The number of nitrogens with zero attached hydrogens (tertiary/aromatic N) is 1. The smallest absolute Gasteiger partial charge is 0.215 e. The summed E-state index contributed by atoms with van der Waals surface area (Å²) in [6, 6.07) is 7.57. The second kappa shape index (κ2) is 7.35. The molecule has 2 rings (SSSR count). The summed E-state index contributed by atoms with van der Waals surface area (Å²) in [4.78, 5) is 7.00. The van der Waals surface area contributed by atoms with Gasteiger partial charge in [-0.2, -0.15) is 0 Å². The topological polar surface area (TPSA) is 86.9 Å². The van der Waals surface area contributed by atoms with Crippen molar-refractivity contribution in [1.82, 2.24) is 20.0 Å². The van der Waals surface area contributed by atoms with E-state index in [-0.39, 0.29) is 5.75 Å². The third-order valence-electron chi connectivity index (χ3n) is 2.97. The van der Waals surface area contributed by atoms with Gasteiger partial charge in [-0.15, -0.1) is 0 Å². The summed E-state index contributed by atoms with van der Waals surface area (Å²) in [5.41, 5.74) is 1.86. The van der Waals surface area contributed by atoms with Crippen molar-refractivity contribution in [3.8, 4) is 0 Å². The van der Waals surface area contributed by atoms with Crippen LogP contribution in [0.15, 0.2) is 36.7 Å². The zero-order valence-corrected chi connectivity index (χ0v) is 12.8. The molecule has 0 bridgehead atoms. The van der Waals surface area contributed by atoms with E-state index in [1.54, 1.807) is 12.4 Å². The monoisotopic (exact) mass is 308 g/mol. The SMILES string of the molecule is CNCc1cccc(CS(=O)(=O)NCCc2ncc[nH]2)c1. The minimum absolute atomic E-state index is 0.0112. The van der Waals surface area contributed by atoms with Crippen LogP contribution < -0.4 is 10.0 Å². The van der Waals surface area contributed by atoms with Crippen LogP contribution in [-0.2, 0) is 28.7 Å². The number of hydrogen-bond donors (Lipinski definition) is 3. The Morgan fingerprint density at radius 2 is 2.10 bits per heavy atom. The number of sulfonamides is 1. The maximum atomic E-state index is 12.0. The number of aromatic nitrogens is 2. The average Bonchev–Trinajstić information content (AvgIpc) is 2.92. The van der Waals surface area contributed by atoms with Gasteiger partial charge in [0.2, 0.25) is 10.0 Å². The van der Waals surface area contributed by atoms with Crippen LogP contribution in [0, 0.1) is 0 Å². The number of H-pyrrole nitrogens is 1. The maximum absolute atomic E-state index is 12.0. The lowest BCUT2D eigenvalue weighted by Crippen LogP contribution is -2.27. The van der Waals surface area contributed by atoms with Crippen molar-refractivity contribution in [3.63, 3.8) is 0 Å². The maximum Gasteiger partial charge on any atom is 0.215 e. The first-order valence-corrected chi connectivity index (χ1v) is 8.42. The van der Waals surface area contributed by atoms with Crippen LogP contribution in [0.2, 0.25) is 0 Å². The Hall–Kier alpha value is -1.70. The molecule has 0 aliphatic rings. The molecule has 0 fully saturated rings. The van der Waals surface area contributed by atoms with Crippen molar-refractivity contribution in [3.05, 3.63) is 53.6 Å². The fraction of sp³-hybridized carbons (Fsp3) is 0.357. The molecule has 0 saturated heterocycles. The molecule has 21 heavy (non-hydrogen) atoms. The summed E-state index contributed by atoms with van der Waals surface area (Å²) in [5.74, 6) is 0.761. The second-order valence-corrected chi connectivity index (χ2v) is 6.60. The lowest BCUT2D eigenvalue weighted by Gasteiger charge is -2.07. The number of benzene rings is 1. The molecule has 1 aromatic heterocycles. The van der Waals surface area contributed by atoms with Crippen LogP contribution in [0.25, 0.3) is 0 Å². The summed E-state index contributed by atoms with van der Waals surface area (Å²) in [6.45, 7) is 1.06. The molecule has 0 aliphatic heterocycles. The highest BCUT2D eigenvalue weighted by Gasteiger charge is 2.11. The molecule has 114 valence electrons. The molecule has 6 nitrogen and oxygen atoms in total. The van der Waals surface area contributed by atoms with Gasteiger partial charge >= 0.3 is 0 Å². The zero-order valence-electron chi connectivity index (χ0n) is 12.0. The van der Waals surface area contributed by atoms with Gasteiger partial charge in [-0.3, -0.25) is 0 Å². The molecular formula is C14H20N4O2S. The van der Waals surface area contributed by atoms with Crippen molar-refractivity contribution < 1.29 is 8.42 Å². The van der Waals surface area contributed by atoms with Crippen LogP contribution in [0.5, 0.6) is 0 Å². The molecule has 0 spiro atoms. The highest BCUT2D eigenvalue weighted by atomic mass is 32.2. The van der Waals surface area contributed by atoms with E-state index >= 15 is 0 Å². The standard InChI is InChI=1S/C14H20N4O2S/c1-15-10-12-3-2-4-13(9-12)11-21(19,20)18-6-5-14-16-7-8-17-14/h2-4,7-9,15,18H,5-6,10-11H2,1H3,(H,16,17). The van der Waals surface area contributed by atoms with Crippen molar-refractivity contribution >= 4 is 10.0 Å². The van der Waals surface area contributed by atoms with E-state index in [1.807, 2.05) is 31.3 Å². The predicted molar refractivity (Wildman–Crippen MR) is 82.1 cm³/mol. The summed E-state index contributed by atoms with van der Waals surface area (Å²) in [6.07, 6.45) is 3.92. The van der Waals surface area contributed by atoms with E-state index in [0.29, 0.717) is 13.0 Å². The molecule has 0 radical (unpaired) electrons. The molecule has 7 heteroatoms. The van der Waals surface area contributed by atoms with Crippen LogP contribution in [0.3, 0.4) is 0 Å². The van der Waals surface area contributed by atoms with Crippen molar-refractivity contribution in [2.45, 2.75) is 18.7 Å². The van der Waals surface area contributed by atoms with Crippen molar-refractivity contribution in [2.24, 2.45) is 0 Å². The minimum Gasteiger partial charge on any atom is -0.349 e.